The Morgan fingerprint density at radius 1 is 1.83 bits per heavy atom. The van der Waals surface area contributed by atoms with Crippen molar-refractivity contribution in [2.75, 3.05) is 5.75 Å². The number of nitrogens with one attached hydrogen (secondary N) is 1. The monoisotopic (exact) mass is 186 g/mol. The van der Waals surface area contributed by atoms with E-state index in [0.29, 0.717) is 5.75 Å². The third-order valence-corrected chi connectivity index (χ3v) is 2.16. The lowest BCUT2D eigenvalue weighted by atomic mass is 10.5. The highest BCUT2D eigenvalue weighted by atomic mass is 32.2. The van der Waals surface area contributed by atoms with Crippen LogP contribution in [0, 0.1) is 6.92 Å². The number of aryl methyl sites for hydroxylation is 1. The molecule has 1 aromatic heterocycles. The molecular weight excluding hydrogens is 176 g/mol. The number of hydrogen-bond acceptors (Lipinski definition) is 3. The van der Waals surface area contributed by atoms with Gasteiger partial charge in [-0.3, -0.25) is 9.89 Å². The minimum atomic E-state index is -0.769. The van der Waals surface area contributed by atoms with Gasteiger partial charge >= 0.3 is 5.97 Å². The predicted octanol–water partition coefficient (Wildman–Crippen LogP) is 1.28. The fourth-order valence-electron chi connectivity index (χ4n) is 0.710. The third-order valence-electron chi connectivity index (χ3n) is 1.25. The maximum atomic E-state index is 10.2. The molecule has 0 aliphatic carbocycles. The summed E-state index contributed by atoms with van der Waals surface area (Å²) in [6, 6.07) is 1.90. The number of carboxylic acid groups (broad SMARTS) is 1. The summed E-state index contributed by atoms with van der Waals surface area (Å²) in [5.41, 5.74) is 0.993. The molecule has 1 heterocycles. The number of nitrogens with zero attached hydrogens (tertiary/aromatic N) is 1. The molecule has 0 radical (unpaired) electrons. The number of aromatic amines is 1. The fourth-order valence-corrected chi connectivity index (χ4v) is 1.57. The van der Waals surface area contributed by atoms with Gasteiger partial charge in [0.25, 0.3) is 0 Å². The first-order valence-corrected chi connectivity index (χ1v) is 4.53. The lowest BCUT2D eigenvalue weighted by Crippen LogP contribution is -1.95. The van der Waals surface area contributed by atoms with E-state index < -0.39 is 5.97 Å². The highest BCUT2D eigenvalue weighted by molar-refractivity contribution is 7.99. The number of carbonyl (C=O) groups is 1. The average Bonchev–Trinajstić information content (AvgIpc) is 2.35. The first kappa shape index (κ1) is 9.12. The molecule has 0 bridgehead atoms. The molecule has 0 saturated heterocycles. The van der Waals surface area contributed by atoms with Crippen LogP contribution in [-0.2, 0) is 4.79 Å². The Morgan fingerprint density at radius 2 is 2.58 bits per heavy atom. The zero-order valence-corrected chi connectivity index (χ0v) is 7.52. The van der Waals surface area contributed by atoms with Crippen molar-refractivity contribution in [3.63, 3.8) is 0 Å². The van der Waals surface area contributed by atoms with E-state index in [0.717, 1.165) is 10.7 Å². The van der Waals surface area contributed by atoms with Gasteiger partial charge in [0, 0.05) is 11.4 Å². The average molecular weight is 186 g/mol. The third kappa shape index (κ3) is 2.96. The number of hydrogen-bond donors (Lipinski definition) is 2. The summed E-state index contributed by atoms with van der Waals surface area (Å²) in [5.74, 6) is -0.200. The van der Waals surface area contributed by atoms with Crippen molar-refractivity contribution in [1.29, 1.82) is 0 Å². The summed E-state index contributed by atoms with van der Waals surface area (Å²) in [6.07, 6.45) is 0.177. The zero-order valence-electron chi connectivity index (χ0n) is 6.70. The van der Waals surface area contributed by atoms with Gasteiger partial charge < -0.3 is 5.11 Å². The minimum Gasteiger partial charge on any atom is -0.481 e. The van der Waals surface area contributed by atoms with Gasteiger partial charge in [0.15, 0.2) is 0 Å². The summed E-state index contributed by atoms with van der Waals surface area (Å²) in [7, 11) is 0. The van der Waals surface area contributed by atoms with Crippen molar-refractivity contribution in [3.8, 4) is 0 Å². The van der Waals surface area contributed by atoms with E-state index in [4.69, 9.17) is 5.11 Å². The van der Waals surface area contributed by atoms with Crippen LogP contribution in [0.1, 0.15) is 12.1 Å². The lowest BCUT2D eigenvalue weighted by molar-refractivity contribution is -0.136. The molecule has 0 aliphatic rings. The number of aromatic nitrogens is 2. The molecule has 0 aromatic carbocycles. The van der Waals surface area contributed by atoms with Gasteiger partial charge in [0.05, 0.1) is 6.42 Å². The Balaban J connectivity index is 2.29. The van der Waals surface area contributed by atoms with Crippen LogP contribution in [0.2, 0.25) is 0 Å². The molecule has 0 saturated carbocycles. The second-order valence-electron chi connectivity index (χ2n) is 2.38. The van der Waals surface area contributed by atoms with Crippen molar-refractivity contribution < 1.29 is 9.90 Å². The topological polar surface area (TPSA) is 66.0 Å². The van der Waals surface area contributed by atoms with E-state index in [1.807, 2.05) is 13.0 Å². The summed E-state index contributed by atoms with van der Waals surface area (Å²) in [6.45, 7) is 1.91. The minimum absolute atomic E-state index is 0.177. The Morgan fingerprint density at radius 3 is 3.08 bits per heavy atom. The highest BCUT2D eigenvalue weighted by Gasteiger charge is 2.00. The normalized spacial score (nSPS) is 10.1. The van der Waals surface area contributed by atoms with Crippen molar-refractivity contribution in [1.82, 2.24) is 10.2 Å². The van der Waals surface area contributed by atoms with Crippen LogP contribution >= 0.6 is 11.8 Å². The van der Waals surface area contributed by atoms with E-state index >= 15 is 0 Å². The molecule has 0 fully saturated rings. The standard InChI is InChI=1S/C7H10N2O2S/c1-5-4-6(9-8-5)12-3-2-7(10)11/h4H,2-3H2,1H3,(H,8,9)(H,10,11). The van der Waals surface area contributed by atoms with Crippen molar-refractivity contribution in [2.45, 2.75) is 18.4 Å². The molecule has 0 amide bonds. The van der Waals surface area contributed by atoms with E-state index in [1.165, 1.54) is 11.8 Å². The Labute approximate surface area is 74.4 Å². The van der Waals surface area contributed by atoms with Crippen LogP contribution in [0.3, 0.4) is 0 Å². The van der Waals surface area contributed by atoms with Crippen molar-refractivity contribution >= 4 is 17.7 Å². The maximum Gasteiger partial charge on any atom is 0.304 e. The molecule has 66 valence electrons. The molecule has 1 rings (SSSR count). The maximum absolute atomic E-state index is 10.2. The molecular formula is C7H10N2O2S. The molecule has 0 unspecified atom stereocenters. The van der Waals surface area contributed by atoms with Gasteiger partial charge in [-0.2, -0.15) is 5.10 Å². The Kier molecular flexibility index (Phi) is 3.16. The largest absolute Gasteiger partial charge is 0.481 e. The molecule has 12 heavy (non-hydrogen) atoms. The van der Waals surface area contributed by atoms with Crippen LogP contribution < -0.4 is 0 Å². The van der Waals surface area contributed by atoms with Gasteiger partial charge in [-0.1, -0.05) is 0 Å². The number of carboxylic acids is 1. The molecule has 0 atom stereocenters. The molecule has 0 aliphatic heterocycles. The molecule has 0 spiro atoms. The molecule has 2 N–H and O–H groups in total. The van der Waals surface area contributed by atoms with Gasteiger partial charge in [-0.25, -0.2) is 0 Å². The summed E-state index contributed by atoms with van der Waals surface area (Å²) >= 11 is 1.45. The SMILES string of the molecule is Cc1cc(SCCC(=O)O)n[nH]1. The number of H-pyrrole nitrogens is 1. The van der Waals surface area contributed by atoms with E-state index in [-0.39, 0.29) is 6.42 Å². The van der Waals surface area contributed by atoms with Gasteiger partial charge in [0.2, 0.25) is 0 Å². The van der Waals surface area contributed by atoms with Crippen LogP contribution in [0.25, 0.3) is 0 Å². The number of aliphatic carboxylic acids is 1. The van der Waals surface area contributed by atoms with Crippen LogP contribution in [0.4, 0.5) is 0 Å². The fraction of sp³-hybridized carbons (Fsp3) is 0.429. The van der Waals surface area contributed by atoms with Crippen molar-refractivity contribution in [2.24, 2.45) is 0 Å². The van der Waals surface area contributed by atoms with Gasteiger partial charge in [0.1, 0.15) is 5.03 Å². The van der Waals surface area contributed by atoms with Crippen molar-refractivity contribution in [3.05, 3.63) is 11.8 Å². The van der Waals surface area contributed by atoms with E-state index in [1.54, 1.807) is 0 Å². The molecule has 5 heteroatoms. The second kappa shape index (κ2) is 4.15. The summed E-state index contributed by atoms with van der Waals surface area (Å²) < 4.78 is 0. The molecule has 1 aromatic rings. The van der Waals surface area contributed by atoms with Crippen LogP contribution in [0.15, 0.2) is 11.1 Å². The van der Waals surface area contributed by atoms with Crippen LogP contribution in [-0.4, -0.2) is 27.0 Å². The highest BCUT2D eigenvalue weighted by Crippen LogP contribution is 2.15. The van der Waals surface area contributed by atoms with E-state index in [9.17, 15) is 4.79 Å². The van der Waals surface area contributed by atoms with E-state index in [2.05, 4.69) is 10.2 Å². The first-order valence-electron chi connectivity index (χ1n) is 3.55. The summed E-state index contributed by atoms with van der Waals surface area (Å²) in [4.78, 5) is 10.2. The zero-order chi connectivity index (χ0) is 8.97. The Bertz CT molecular complexity index is 272. The quantitative estimate of drug-likeness (QED) is 0.695. The predicted molar refractivity (Wildman–Crippen MR) is 46.3 cm³/mol. The Hall–Kier alpha value is -0.970. The second-order valence-corrected chi connectivity index (χ2v) is 3.50. The number of thioether (sulfide) groups is 1. The smallest absolute Gasteiger partial charge is 0.304 e. The molecule has 4 nitrogen and oxygen atoms in total. The summed E-state index contributed by atoms with van der Waals surface area (Å²) in [5, 5.41) is 16.0. The van der Waals surface area contributed by atoms with Gasteiger partial charge in [-0.15, -0.1) is 11.8 Å². The van der Waals surface area contributed by atoms with Crippen LogP contribution in [0.5, 0.6) is 0 Å². The van der Waals surface area contributed by atoms with Gasteiger partial charge in [-0.05, 0) is 13.0 Å². The first-order chi connectivity index (χ1) is 5.68. The lowest BCUT2D eigenvalue weighted by Gasteiger charge is -1.91. The number of rotatable bonds is 4.